The number of carbonyl (C=O) groups is 1. The van der Waals surface area contributed by atoms with Crippen molar-refractivity contribution in [3.8, 4) is 5.75 Å². The predicted octanol–water partition coefficient (Wildman–Crippen LogP) is 4.98. The van der Waals surface area contributed by atoms with E-state index >= 15 is 0 Å². The highest BCUT2D eigenvalue weighted by atomic mass is 32.1. The lowest BCUT2D eigenvalue weighted by Crippen LogP contribution is -2.13. The number of thiazole rings is 1. The zero-order valence-electron chi connectivity index (χ0n) is 14.7. The quantitative estimate of drug-likeness (QED) is 0.716. The zero-order valence-corrected chi connectivity index (χ0v) is 15.5. The van der Waals surface area contributed by atoms with Gasteiger partial charge in [-0.25, -0.2) is 9.78 Å². The number of carbonyl (C=O) groups excluding carboxylic acids is 1. The summed E-state index contributed by atoms with van der Waals surface area (Å²) in [5.74, 6) is 0.826. The first-order valence-corrected chi connectivity index (χ1v) is 8.74. The summed E-state index contributed by atoms with van der Waals surface area (Å²) in [6, 6.07) is 9.95. The van der Waals surface area contributed by atoms with Gasteiger partial charge >= 0.3 is 6.09 Å². The summed E-state index contributed by atoms with van der Waals surface area (Å²) >= 11 is 1.64. The molecule has 3 rings (SSSR count). The molecule has 0 saturated heterocycles. The summed E-state index contributed by atoms with van der Waals surface area (Å²) in [4.78, 5) is 16.1. The van der Waals surface area contributed by atoms with Crippen molar-refractivity contribution < 1.29 is 14.3 Å². The van der Waals surface area contributed by atoms with Crippen molar-refractivity contribution in [3.63, 3.8) is 0 Å². The number of hydrogen-bond acceptors (Lipinski definition) is 5. The molecule has 0 atom stereocenters. The third-order valence-electron chi connectivity index (χ3n) is 4.13. The van der Waals surface area contributed by atoms with Gasteiger partial charge in [0.25, 0.3) is 0 Å². The maximum atomic E-state index is 11.5. The molecule has 0 aliphatic carbocycles. The molecule has 0 spiro atoms. The van der Waals surface area contributed by atoms with Gasteiger partial charge in [-0.05, 0) is 55.7 Å². The Hall–Kier alpha value is -2.60. The highest BCUT2D eigenvalue weighted by Crippen LogP contribution is 2.33. The average molecular weight is 356 g/mol. The first-order valence-electron chi connectivity index (χ1n) is 7.92. The summed E-state index contributed by atoms with van der Waals surface area (Å²) in [5, 5.41) is 3.67. The molecule has 6 heteroatoms. The maximum absolute atomic E-state index is 11.5. The van der Waals surface area contributed by atoms with E-state index in [-0.39, 0.29) is 0 Å². The number of nitrogens with one attached hydrogen (secondary N) is 1. The Labute approximate surface area is 150 Å². The van der Waals surface area contributed by atoms with Crippen LogP contribution in [0.25, 0.3) is 10.2 Å². The number of aromatic nitrogens is 1. The van der Waals surface area contributed by atoms with Crippen molar-refractivity contribution in [1.82, 2.24) is 4.98 Å². The van der Waals surface area contributed by atoms with Crippen molar-refractivity contribution in [2.75, 3.05) is 12.4 Å². The highest BCUT2D eigenvalue weighted by Gasteiger charge is 2.14. The molecule has 5 nitrogen and oxygen atoms in total. The summed E-state index contributed by atoms with van der Waals surface area (Å²) in [7, 11) is 1.35. The monoisotopic (exact) mass is 356 g/mol. The van der Waals surface area contributed by atoms with E-state index < -0.39 is 6.09 Å². The molecule has 0 aliphatic rings. The van der Waals surface area contributed by atoms with E-state index in [1.807, 2.05) is 45.0 Å². The molecular formula is C19H20N2O3S. The van der Waals surface area contributed by atoms with Crippen molar-refractivity contribution in [1.29, 1.82) is 0 Å². The Kier molecular flexibility index (Phi) is 4.90. The minimum atomic E-state index is -0.481. The van der Waals surface area contributed by atoms with E-state index in [1.54, 1.807) is 11.3 Å². The number of nitrogens with zero attached hydrogens (tertiary/aromatic N) is 1. The second kappa shape index (κ2) is 7.11. The summed E-state index contributed by atoms with van der Waals surface area (Å²) < 4.78 is 11.9. The Balaban J connectivity index is 1.82. The number of hydrogen-bond donors (Lipinski definition) is 1. The van der Waals surface area contributed by atoms with E-state index in [2.05, 4.69) is 21.1 Å². The Morgan fingerprint density at radius 1 is 1.20 bits per heavy atom. The molecule has 1 N–H and O–H groups in total. The van der Waals surface area contributed by atoms with E-state index in [0.29, 0.717) is 6.61 Å². The van der Waals surface area contributed by atoms with E-state index in [1.165, 1.54) is 7.11 Å². The number of rotatable bonds is 4. The van der Waals surface area contributed by atoms with Gasteiger partial charge in [0.15, 0.2) is 0 Å². The second-order valence-electron chi connectivity index (χ2n) is 5.80. The lowest BCUT2D eigenvalue weighted by atomic mass is 10.0. The first-order chi connectivity index (χ1) is 12.0. The molecule has 0 bridgehead atoms. The number of amides is 1. The molecule has 0 saturated carbocycles. The van der Waals surface area contributed by atoms with Gasteiger partial charge in [0, 0.05) is 5.69 Å². The largest absolute Gasteiger partial charge is 0.486 e. The minimum Gasteiger partial charge on any atom is -0.486 e. The Morgan fingerprint density at radius 3 is 2.68 bits per heavy atom. The molecule has 0 aliphatic heterocycles. The third-order valence-corrected chi connectivity index (χ3v) is 5.14. The Bertz CT molecular complexity index is 901. The van der Waals surface area contributed by atoms with Crippen LogP contribution in [0.15, 0.2) is 30.3 Å². The number of fused-ring (bicyclic) bond motifs is 1. The third kappa shape index (κ3) is 3.58. The van der Waals surface area contributed by atoms with E-state index in [4.69, 9.17) is 4.74 Å². The standard InChI is InChI=1S/C19H20N2O3S/c1-11-9-15(21-19(22)23-4)12(2)13(3)18(11)24-10-17-20-14-7-5-6-8-16(14)25-17/h5-9H,10H2,1-4H3,(H,21,22). The van der Waals surface area contributed by atoms with Gasteiger partial charge in [0.05, 0.1) is 17.3 Å². The van der Waals surface area contributed by atoms with Crippen LogP contribution in [-0.4, -0.2) is 18.2 Å². The normalized spacial score (nSPS) is 10.7. The maximum Gasteiger partial charge on any atom is 0.411 e. The molecule has 1 amide bonds. The van der Waals surface area contributed by atoms with Crippen LogP contribution >= 0.6 is 11.3 Å². The molecule has 130 valence electrons. The van der Waals surface area contributed by atoms with Crippen LogP contribution < -0.4 is 10.1 Å². The number of methoxy groups -OCH3 is 1. The molecular weight excluding hydrogens is 336 g/mol. The average Bonchev–Trinajstić information content (AvgIpc) is 3.02. The van der Waals surface area contributed by atoms with Crippen LogP contribution in [0.2, 0.25) is 0 Å². The van der Waals surface area contributed by atoms with Crippen LogP contribution in [-0.2, 0) is 11.3 Å². The minimum absolute atomic E-state index is 0.421. The summed E-state index contributed by atoms with van der Waals surface area (Å²) in [6.07, 6.45) is -0.481. The number of anilines is 1. The van der Waals surface area contributed by atoms with Gasteiger partial charge in [-0.15, -0.1) is 11.3 Å². The van der Waals surface area contributed by atoms with Gasteiger partial charge in [-0.2, -0.15) is 0 Å². The predicted molar refractivity (Wildman–Crippen MR) is 101 cm³/mol. The van der Waals surface area contributed by atoms with Crippen molar-refractivity contribution in [2.24, 2.45) is 0 Å². The lowest BCUT2D eigenvalue weighted by molar-refractivity contribution is 0.187. The van der Waals surface area contributed by atoms with Gasteiger partial charge in [0.2, 0.25) is 0 Å². The first kappa shape index (κ1) is 17.2. The SMILES string of the molecule is COC(=O)Nc1cc(C)c(OCc2nc3ccccc3s2)c(C)c1C. The van der Waals surface area contributed by atoms with Crippen LogP contribution in [0.1, 0.15) is 21.7 Å². The van der Waals surface area contributed by atoms with Gasteiger partial charge < -0.3 is 9.47 Å². The molecule has 0 radical (unpaired) electrons. The van der Waals surface area contributed by atoms with Crippen molar-refractivity contribution in [2.45, 2.75) is 27.4 Å². The molecule has 0 fully saturated rings. The van der Waals surface area contributed by atoms with Crippen molar-refractivity contribution in [3.05, 3.63) is 52.0 Å². The second-order valence-corrected chi connectivity index (χ2v) is 6.92. The van der Waals surface area contributed by atoms with Gasteiger partial charge in [-0.1, -0.05) is 12.1 Å². The van der Waals surface area contributed by atoms with Crippen molar-refractivity contribution >= 4 is 33.3 Å². The Morgan fingerprint density at radius 2 is 1.96 bits per heavy atom. The highest BCUT2D eigenvalue weighted by molar-refractivity contribution is 7.18. The van der Waals surface area contributed by atoms with Crippen LogP contribution in [0, 0.1) is 20.8 Å². The topological polar surface area (TPSA) is 60.5 Å². The molecule has 3 aromatic rings. The fraction of sp³-hybridized carbons (Fsp3) is 0.263. The molecule has 25 heavy (non-hydrogen) atoms. The van der Waals surface area contributed by atoms with Gasteiger partial charge in [0.1, 0.15) is 17.4 Å². The number of benzene rings is 2. The fourth-order valence-electron chi connectivity index (χ4n) is 2.69. The van der Waals surface area contributed by atoms with Crippen LogP contribution in [0.5, 0.6) is 5.75 Å². The zero-order chi connectivity index (χ0) is 18.0. The summed E-state index contributed by atoms with van der Waals surface area (Å²) in [5.41, 5.74) is 4.63. The lowest BCUT2D eigenvalue weighted by Gasteiger charge is -2.17. The van der Waals surface area contributed by atoms with Gasteiger partial charge in [-0.3, -0.25) is 5.32 Å². The number of para-hydroxylation sites is 1. The summed E-state index contributed by atoms with van der Waals surface area (Å²) in [6.45, 7) is 6.32. The molecule has 1 heterocycles. The van der Waals surface area contributed by atoms with Crippen LogP contribution in [0.4, 0.5) is 10.5 Å². The molecule has 1 aromatic heterocycles. The molecule has 2 aromatic carbocycles. The fourth-order valence-corrected chi connectivity index (χ4v) is 3.57. The molecule has 0 unspecified atom stereocenters. The van der Waals surface area contributed by atoms with Crippen LogP contribution in [0.3, 0.4) is 0 Å². The number of aryl methyl sites for hydroxylation is 1. The number of ether oxygens (including phenoxy) is 2. The smallest absolute Gasteiger partial charge is 0.411 e. The van der Waals surface area contributed by atoms with E-state index in [0.717, 1.165) is 43.4 Å². The van der Waals surface area contributed by atoms with E-state index in [9.17, 15) is 4.79 Å².